The Bertz CT molecular complexity index is 420. The molecule has 7 nitrogen and oxygen atoms in total. The largest absolute Gasteiger partial charge is 0.448 e. The highest BCUT2D eigenvalue weighted by Gasteiger charge is 2.40. The van der Waals surface area contributed by atoms with Crippen molar-refractivity contribution in [1.82, 2.24) is 14.7 Å². The van der Waals surface area contributed by atoms with Crippen molar-refractivity contribution in [3.05, 3.63) is 0 Å². The van der Waals surface area contributed by atoms with Gasteiger partial charge in [0, 0.05) is 26.2 Å². The number of cyclic esters (lactones) is 1. The zero-order valence-corrected chi connectivity index (χ0v) is 12.5. The van der Waals surface area contributed by atoms with Crippen LogP contribution in [-0.4, -0.2) is 91.8 Å². The van der Waals surface area contributed by atoms with Crippen molar-refractivity contribution in [2.75, 3.05) is 59.5 Å². The van der Waals surface area contributed by atoms with Gasteiger partial charge in [-0.3, -0.25) is 9.69 Å². The summed E-state index contributed by atoms with van der Waals surface area (Å²) in [4.78, 5) is 29.4. The fourth-order valence-corrected chi connectivity index (χ4v) is 3.22. The number of hydrogen-bond donors (Lipinski definition) is 0. The van der Waals surface area contributed by atoms with Crippen LogP contribution in [0.3, 0.4) is 0 Å². The molecular weight excluding hydrogens is 274 g/mol. The second-order valence-corrected chi connectivity index (χ2v) is 6.19. The number of carbonyl (C=O) groups is 2. The first kappa shape index (κ1) is 14.6. The van der Waals surface area contributed by atoms with E-state index in [1.807, 2.05) is 4.90 Å². The molecule has 0 aliphatic carbocycles. The fraction of sp³-hybridized carbons (Fsp3) is 0.857. The van der Waals surface area contributed by atoms with Crippen LogP contribution in [0, 0.1) is 0 Å². The van der Waals surface area contributed by atoms with Crippen LogP contribution in [0.5, 0.6) is 0 Å². The van der Waals surface area contributed by atoms with Crippen LogP contribution in [0.15, 0.2) is 0 Å². The van der Waals surface area contributed by atoms with Gasteiger partial charge in [-0.2, -0.15) is 0 Å². The molecule has 7 heteroatoms. The maximum absolute atomic E-state index is 12.4. The molecule has 0 bridgehead atoms. The number of nitrogens with zero attached hydrogens (tertiary/aromatic N) is 3. The molecule has 0 aromatic carbocycles. The molecule has 118 valence electrons. The summed E-state index contributed by atoms with van der Waals surface area (Å²) >= 11 is 0. The van der Waals surface area contributed by atoms with Crippen LogP contribution >= 0.6 is 0 Å². The Morgan fingerprint density at radius 1 is 1.19 bits per heavy atom. The van der Waals surface area contributed by atoms with Gasteiger partial charge >= 0.3 is 6.09 Å². The molecule has 21 heavy (non-hydrogen) atoms. The summed E-state index contributed by atoms with van der Waals surface area (Å²) in [5, 5.41) is 0. The predicted octanol–water partition coefficient (Wildman–Crippen LogP) is -0.238. The zero-order chi connectivity index (χ0) is 14.9. The van der Waals surface area contributed by atoms with Crippen molar-refractivity contribution < 1.29 is 19.1 Å². The van der Waals surface area contributed by atoms with Gasteiger partial charge in [0.05, 0.1) is 18.8 Å². The summed E-state index contributed by atoms with van der Waals surface area (Å²) in [5.41, 5.74) is -0.189. The minimum Gasteiger partial charge on any atom is -0.448 e. The molecule has 0 N–H and O–H groups in total. The van der Waals surface area contributed by atoms with E-state index in [2.05, 4.69) is 11.9 Å². The summed E-state index contributed by atoms with van der Waals surface area (Å²) in [6.07, 6.45) is 1.53. The van der Waals surface area contributed by atoms with Gasteiger partial charge in [-0.15, -0.1) is 0 Å². The molecule has 2 amide bonds. The SMILES string of the molecule is CN1CCC2(CC1)CN(C(=O)CN1CCOC1=O)CCO2. The van der Waals surface area contributed by atoms with Gasteiger partial charge in [0.2, 0.25) is 5.91 Å². The van der Waals surface area contributed by atoms with E-state index in [9.17, 15) is 9.59 Å². The minimum absolute atomic E-state index is 0.00421. The third-order valence-electron chi connectivity index (χ3n) is 4.67. The molecule has 3 fully saturated rings. The molecule has 0 unspecified atom stereocenters. The molecule has 3 aliphatic rings. The Morgan fingerprint density at radius 2 is 1.95 bits per heavy atom. The molecule has 0 aromatic rings. The minimum atomic E-state index is -0.384. The van der Waals surface area contributed by atoms with Gasteiger partial charge in [0.25, 0.3) is 0 Å². The number of amides is 2. The summed E-state index contributed by atoms with van der Waals surface area (Å²) in [6.45, 7) is 4.84. The molecule has 3 saturated heterocycles. The van der Waals surface area contributed by atoms with Crippen molar-refractivity contribution in [1.29, 1.82) is 0 Å². The van der Waals surface area contributed by atoms with Crippen molar-refractivity contribution in [2.45, 2.75) is 18.4 Å². The summed E-state index contributed by atoms with van der Waals surface area (Å²) < 4.78 is 10.9. The molecule has 3 aliphatic heterocycles. The third-order valence-corrected chi connectivity index (χ3v) is 4.67. The maximum atomic E-state index is 12.4. The lowest BCUT2D eigenvalue weighted by Gasteiger charge is -2.46. The highest BCUT2D eigenvalue weighted by molar-refractivity contribution is 5.83. The lowest BCUT2D eigenvalue weighted by Crippen LogP contribution is -2.58. The monoisotopic (exact) mass is 297 g/mol. The Balaban J connectivity index is 1.58. The lowest BCUT2D eigenvalue weighted by atomic mass is 9.89. The Labute approximate surface area is 124 Å². The van der Waals surface area contributed by atoms with Crippen LogP contribution in [0.25, 0.3) is 0 Å². The molecule has 3 heterocycles. The Hall–Kier alpha value is -1.34. The second-order valence-electron chi connectivity index (χ2n) is 6.19. The van der Waals surface area contributed by atoms with E-state index in [1.54, 1.807) is 0 Å². The van der Waals surface area contributed by atoms with Gasteiger partial charge in [0.1, 0.15) is 13.2 Å². The second kappa shape index (κ2) is 5.81. The maximum Gasteiger partial charge on any atom is 0.410 e. The Morgan fingerprint density at radius 3 is 2.62 bits per heavy atom. The molecule has 0 saturated carbocycles. The van der Waals surface area contributed by atoms with E-state index in [1.165, 1.54) is 4.90 Å². The first-order valence-corrected chi connectivity index (χ1v) is 7.60. The number of morpholine rings is 1. The van der Waals surface area contributed by atoms with Gasteiger partial charge in [-0.05, 0) is 19.9 Å². The highest BCUT2D eigenvalue weighted by atomic mass is 16.6. The van der Waals surface area contributed by atoms with Gasteiger partial charge < -0.3 is 19.3 Å². The fourth-order valence-electron chi connectivity index (χ4n) is 3.22. The van der Waals surface area contributed by atoms with Gasteiger partial charge in [-0.1, -0.05) is 0 Å². The molecule has 0 atom stereocenters. The van der Waals surface area contributed by atoms with Gasteiger partial charge in [-0.25, -0.2) is 4.79 Å². The standard InChI is InChI=1S/C14H23N3O4/c1-15-4-2-14(3-5-15)11-17(7-9-21-14)12(18)10-16-6-8-20-13(16)19/h2-11H2,1H3. The summed E-state index contributed by atoms with van der Waals surface area (Å²) in [5.74, 6) is -0.00421. The number of likely N-dealkylation sites (tertiary alicyclic amines) is 1. The zero-order valence-electron chi connectivity index (χ0n) is 12.5. The third kappa shape index (κ3) is 3.13. The van der Waals surface area contributed by atoms with Crippen LogP contribution in [0.1, 0.15) is 12.8 Å². The Kier molecular flexibility index (Phi) is 4.03. The number of carbonyl (C=O) groups excluding carboxylic acids is 2. The number of rotatable bonds is 2. The molecule has 0 radical (unpaired) electrons. The van der Waals surface area contributed by atoms with E-state index >= 15 is 0 Å². The van der Waals surface area contributed by atoms with E-state index in [0.717, 1.165) is 25.9 Å². The number of hydrogen-bond acceptors (Lipinski definition) is 5. The van der Waals surface area contributed by atoms with Crippen LogP contribution < -0.4 is 0 Å². The van der Waals surface area contributed by atoms with Crippen LogP contribution in [0.2, 0.25) is 0 Å². The van der Waals surface area contributed by atoms with E-state index in [4.69, 9.17) is 9.47 Å². The lowest BCUT2D eigenvalue weighted by molar-refractivity contribution is -0.159. The molecule has 1 spiro atoms. The van der Waals surface area contributed by atoms with E-state index in [0.29, 0.717) is 32.8 Å². The smallest absolute Gasteiger partial charge is 0.410 e. The number of ether oxygens (including phenoxy) is 2. The van der Waals surface area contributed by atoms with Gasteiger partial charge in [0.15, 0.2) is 0 Å². The predicted molar refractivity (Wildman–Crippen MR) is 74.9 cm³/mol. The molecule has 0 aromatic heterocycles. The first-order valence-electron chi connectivity index (χ1n) is 7.60. The average Bonchev–Trinajstić information content (AvgIpc) is 2.88. The van der Waals surface area contributed by atoms with Crippen LogP contribution in [0.4, 0.5) is 4.79 Å². The first-order chi connectivity index (χ1) is 10.1. The number of piperidine rings is 1. The van der Waals surface area contributed by atoms with Crippen molar-refractivity contribution >= 4 is 12.0 Å². The summed E-state index contributed by atoms with van der Waals surface area (Å²) in [6, 6.07) is 0. The average molecular weight is 297 g/mol. The van der Waals surface area contributed by atoms with Crippen molar-refractivity contribution in [3.63, 3.8) is 0 Å². The van der Waals surface area contributed by atoms with Crippen molar-refractivity contribution in [3.8, 4) is 0 Å². The molecule has 3 rings (SSSR count). The highest BCUT2D eigenvalue weighted by Crippen LogP contribution is 2.29. The topological polar surface area (TPSA) is 62.3 Å². The van der Waals surface area contributed by atoms with E-state index in [-0.39, 0.29) is 24.1 Å². The normalized spacial score (nSPS) is 26.2. The molecular formula is C14H23N3O4. The van der Waals surface area contributed by atoms with E-state index < -0.39 is 0 Å². The quantitative estimate of drug-likeness (QED) is 0.704. The van der Waals surface area contributed by atoms with Crippen molar-refractivity contribution in [2.24, 2.45) is 0 Å². The van der Waals surface area contributed by atoms with Crippen LogP contribution in [-0.2, 0) is 14.3 Å². The summed E-state index contributed by atoms with van der Waals surface area (Å²) in [7, 11) is 2.11.